The van der Waals surface area contributed by atoms with Crippen LogP contribution in [0.25, 0.3) is 0 Å². The van der Waals surface area contributed by atoms with E-state index >= 15 is 0 Å². The Balaban J connectivity index is 1.57. The molecule has 1 heterocycles. The van der Waals surface area contributed by atoms with Crippen LogP contribution in [0.3, 0.4) is 0 Å². The third-order valence-electron chi connectivity index (χ3n) is 6.70. The van der Waals surface area contributed by atoms with Gasteiger partial charge in [0.2, 0.25) is 5.91 Å². The number of urea groups is 1. The molecule has 0 aliphatic carbocycles. The molecule has 0 atom stereocenters. The number of nitrogens with one attached hydrogen (secondary N) is 3. The lowest BCUT2D eigenvalue weighted by Gasteiger charge is -2.32. The van der Waals surface area contributed by atoms with Gasteiger partial charge in [0, 0.05) is 36.8 Å². The van der Waals surface area contributed by atoms with Gasteiger partial charge in [-0.2, -0.15) is 5.26 Å². The van der Waals surface area contributed by atoms with Gasteiger partial charge in [0.25, 0.3) is 5.91 Å². The van der Waals surface area contributed by atoms with Crippen molar-refractivity contribution in [2.24, 2.45) is 5.92 Å². The third-order valence-corrected chi connectivity index (χ3v) is 6.70. The van der Waals surface area contributed by atoms with Gasteiger partial charge in [0.15, 0.2) is 0 Å². The van der Waals surface area contributed by atoms with Crippen molar-refractivity contribution in [1.29, 1.82) is 5.26 Å². The maximum absolute atomic E-state index is 13.2. The van der Waals surface area contributed by atoms with E-state index in [9.17, 15) is 14.4 Å². The van der Waals surface area contributed by atoms with E-state index in [1.54, 1.807) is 12.1 Å². The highest BCUT2D eigenvalue weighted by atomic mass is 16.2. The molecule has 1 fully saturated rings. The Morgan fingerprint density at radius 1 is 1.08 bits per heavy atom. The van der Waals surface area contributed by atoms with Gasteiger partial charge in [-0.3, -0.25) is 9.59 Å². The molecule has 8 nitrogen and oxygen atoms in total. The molecule has 0 unspecified atom stereocenters. The van der Waals surface area contributed by atoms with Crippen molar-refractivity contribution < 1.29 is 14.4 Å². The number of carbonyl (C=O) groups is 3. The number of hydrogen-bond donors (Lipinski definition) is 3. The zero-order chi connectivity index (χ0) is 27.2. The third kappa shape index (κ3) is 7.56. The summed E-state index contributed by atoms with van der Waals surface area (Å²) in [4.78, 5) is 39.6. The summed E-state index contributed by atoms with van der Waals surface area (Å²) in [5.41, 5.74) is 3.19. The van der Waals surface area contributed by atoms with Crippen molar-refractivity contribution in [2.45, 2.75) is 58.9 Å². The summed E-state index contributed by atoms with van der Waals surface area (Å²) in [6, 6.07) is 14.8. The monoisotopic (exact) mass is 503 g/mol. The van der Waals surface area contributed by atoms with E-state index in [0.29, 0.717) is 35.8 Å². The molecule has 2 aromatic carbocycles. The van der Waals surface area contributed by atoms with E-state index < -0.39 is 11.6 Å². The predicted octanol–water partition coefficient (Wildman–Crippen LogP) is 4.56. The second-order valence-electron chi connectivity index (χ2n) is 10.7. The quantitative estimate of drug-likeness (QED) is 0.514. The van der Waals surface area contributed by atoms with Crippen molar-refractivity contribution >= 4 is 23.5 Å². The number of carbonyl (C=O) groups excluding carboxylic acids is 3. The average molecular weight is 504 g/mol. The maximum atomic E-state index is 13.2. The zero-order valence-electron chi connectivity index (χ0n) is 22.4. The van der Waals surface area contributed by atoms with Crippen molar-refractivity contribution in [3.8, 4) is 6.07 Å². The Morgan fingerprint density at radius 3 is 2.32 bits per heavy atom. The summed E-state index contributed by atoms with van der Waals surface area (Å²) in [5, 5.41) is 17.6. The Hall–Kier alpha value is -3.86. The Kier molecular flexibility index (Phi) is 8.93. The van der Waals surface area contributed by atoms with Gasteiger partial charge in [-0.25, -0.2) is 4.79 Å². The molecule has 196 valence electrons. The van der Waals surface area contributed by atoms with Crippen LogP contribution in [0.1, 0.15) is 73.5 Å². The van der Waals surface area contributed by atoms with Crippen LogP contribution in [0.2, 0.25) is 0 Å². The molecule has 0 spiro atoms. The van der Waals surface area contributed by atoms with Gasteiger partial charge in [-0.15, -0.1) is 0 Å². The standard InChI is InChI=1S/C29H37N5O3/c1-19(2)26(35)33-29(4,5)18-31-28(37)32-25-16-24(9-6-20(25)3)27(36)34-14-12-23(13-15-34)22-10-7-21(17-30)8-11-22/h6-11,16,19,23H,12-15,18H2,1-5H3,(H,33,35)(H2,31,32,37). The first-order chi connectivity index (χ1) is 17.5. The molecule has 2 aromatic rings. The summed E-state index contributed by atoms with van der Waals surface area (Å²) in [7, 11) is 0. The number of aryl methyl sites for hydroxylation is 1. The number of anilines is 1. The molecular weight excluding hydrogens is 466 g/mol. The number of benzene rings is 2. The van der Waals surface area contributed by atoms with Crippen molar-refractivity contribution in [1.82, 2.24) is 15.5 Å². The number of nitriles is 1. The summed E-state index contributed by atoms with van der Waals surface area (Å²) < 4.78 is 0. The van der Waals surface area contributed by atoms with Gasteiger partial charge in [-0.05, 0) is 74.9 Å². The van der Waals surface area contributed by atoms with Crippen LogP contribution in [0.5, 0.6) is 0 Å². The van der Waals surface area contributed by atoms with Crippen LogP contribution >= 0.6 is 0 Å². The Bertz CT molecular complexity index is 1170. The molecular formula is C29H37N5O3. The van der Waals surface area contributed by atoms with Gasteiger partial charge in [0.05, 0.1) is 17.2 Å². The second-order valence-corrected chi connectivity index (χ2v) is 10.7. The molecule has 37 heavy (non-hydrogen) atoms. The average Bonchev–Trinajstić information content (AvgIpc) is 2.88. The lowest BCUT2D eigenvalue weighted by atomic mass is 9.89. The minimum atomic E-state index is -0.602. The lowest BCUT2D eigenvalue weighted by Crippen LogP contribution is -2.53. The van der Waals surface area contributed by atoms with E-state index in [4.69, 9.17) is 5.26 Å². The van der Waals surface area contributed by atoms with Crippen molar-refractivity contribution in [3.05, 3.63) is 64.7 Å². The fraction of sp³-hybridized carbons (Fsp3) is 0.448. The first-order valence-electron chi connectivity index (χ1n) is 12.8. The summed E-state index contributed by atoms with van der Waals surface area (Å²) in [6.07, 6.45) is 1.72. The largest absolute Gasteiger partial charge is 0.349 e. The van der Waals surface area contributed by atoms with Gasteiger partial charge < -0.3 is 20.9 Å². The highest BCUT2D eigenvalue weighted by molar-refractivity contribution is 5.97. The van der Waals surface area contributed by atoms with E-state index in [1.165, 1.54) is 5.56 Å². The molecule has 1 saturated heterocycles. The molecule has 4 amide bonds. The van der Waals surface area contributed by atoms with Crippen LogP contribution in [-0.2, 0) is 4.79 Å². The molecule has 0 aromatic heterocycles. The highest BCUT2D eigenvalue weighted by Gasteiger charge is 2.26. The first kappa shape index (κ1) is 27.7. The number of nitrogens with zero attached hydrogens (tertiary/aromatic N) is 2. The van der Waals surface area contributed by atoms with E-state index in [1.807, 2.05) is 69.9 Å². The summed E-state index contributed by atoms with van der Waals surface area (Å²) in [5.74, 6) is 0.0950. The summed E-state index contributed by atoms with van der Waals surface area (Å²) in [6.45, 7) is 10.8. The molecule has 1 aliphatic heterocycles. The number of amides is 4. The maximum Gasteiger partial charge on any atom is 0.319 e. The van der Waals surface area contributed by atoms with Crippen LogP contribution in [0, 0.1) is 24.2 Å². The second kappa shape index (κ2) is 11.9. The van der Waals surface area contributed by atoms with Gasteiger partial charge in [-0.1, -0.05) is 32.0 Å². The van der Waals surface area contributed by atoms with Gasteiger partial charge >= 0.3 is 6.03 Å². The first-order valence-corrected chi connectivity index (χ1v) is 12.8. The lowest BCUT2D eigenvalue weighted by molar-refractivity contribution is -0.125. The van der Waals surface area contributed by atoms with E-state index in [0.717, 1.165) is 18.4 Å². The predicted molar refractivity (Wildman–Crippen MR) is 144 cm³/mol. The normalized spacial score (nSPS) is 14.1. The zero-order valence-corrected chi connectivity index (χ0v) is 22.4. The molecule has 0 bridgehead atoms. The van der Waals surface area contributed by atoms with Crippen LogP contribution < -0.4 is 16.0 Å². The van der Waals surface area contributed by atoms with E-state index in [-0.39, 0.29) is 24.3 Å². The SMILES string of the molecule is Cc1ccc(C(=O)N2CCC(c3ccc(C#N)cc3)CC2)cc1NC(=O)NCC(C)(C)NC(=O)C(C)C. The van der Waals surface area contributed by atoms with Crippen LogP contribution in [-0.4, -0.2) is 47.9 Å². The molecule has 0 radical (unpaired) electrons. The summed E-state index contributed by atoms with van der Waals surface area (Å²) >= 11 is 0. The Morgan fingerprint density at radius 2 is 1.73 bits per heavy atom. The fourth-order valence-electron chi connectivity index (χ4n) is 4.31. The Labute approximate surface area is 219 Å². The van der Waals surface area contributed by atoms with Crippen molar-refractivity contribution in [3.63, 3.8) is 0 Å². The molecule has 0 saturated carbocycles. The molecule has 1 aliphatic rings. The van der Waals surface area contributed by atoms with Crippen LogP contribution in [0.15, 0.2) is 42.5 Å². The minimum Gasteiger partial charge on any atom is -0.349 e. The van der Waals surface area contributed by atoms with Crippen molar-refractivity contribution in [2.75, 3.05) is 25.0 Å². The topological polar surface area (TPSA) is 114 Å². The number of rotatable bonds is 7. The number of piperidine rings is 1. The minimum absolute atomic E-state index is 0.0562. The number of hydrogen-bond acceptors (Lipinski definition) is 4. The van der Waals surface area contributed by atoms with Gasteiger partial charge in [0.1, 0.15) is 0 Å². The number of likely N-dealkylation sites (tertiary alicyclic amines) is 1. The van der Waals surface area contributed by atoms with E-state index in [2.05, 4.69) is 22.0 Å². The smallest absolute Gasteiger partial charge is 0.319 e. The molecule has 8 heteroatoms. The molecule has 3 N–H and O–H groups in total. The van der Waals surface area contributed by atoms with Crippen LogP contribution in [0.4, 0.5) is 10.5 Å². The highest BCUT2D eigenvalue weighted by Crippen LogP contribution is 2.29. The molecule has 3 rings (SSSR count). The fourth-order valence-corrected chi connectivity index (χ4v) is 4.31.